The molecule has 0 aliphatic heterocycles. The van der Waals surface area contributed by atoms with Gasteiger partial charge in [0.15, 0.2) is 0 Å². The minimum Gasteiger partial charge on any atom is -0.480 e. The second kappa shape index (κ2) is 5.36. The van der Waals surface area contributed by atoms with Gasteiger partial charge in [-0.2, -0.15) is 5.26 Å². The van der Waals surface area contributed by atoms with E-state index in [1.54, 1.807) is 11.0 Å². The predicted molar refractivity (Wildman–Crippen MR) is 72.0 cm³/mol. The second-order valence-corrected chi connectivity index (χ2v) is 4.07. The molecule has 1 N–H and O–H groups in total. The summed E-state index contributed by atoms with van der Waals surface area (Å²) in [6, 6.07) is 11.3. The summed E-state index contributed by atoms with van der Waals surface area (Å²) >= 11 is 0. The van der Waals surface area contributed by atoms with Gasteiger partial charge in [0.1, 0.15) is 18.4 Å². The molecule has 0 atom stereocenters. The van der Waals surface area contributed by atoms with E-state index in [4.69, 9.17) is 5.11 Å². The number of aromatic nitrogens is 1. The van der Waals surface area contributed by atoms with Gasteiger partial charge in [-0.25, -0.2) is 4.98 Å². The maximum Gasteiger partial charge on any atom is 0.323 e. The van der Waals surface area contributed by atoms with Crippen molar-refractivity contribution in [3.05, 3.63) is 35.9 Å². The van der Waals surface area contributed by atoms with E-state index in [1.807, 2.05) is 31.2 Å². The molecule has 0 radical (unpaired) electrons. The lowest BCUT2D eigenvalue weighted by Gasteiger charge is -2.21. The van der Waals surface area contributed by atoms with Crippen molar-refractivity contribution in [2.75, 3.05) is 18.0 Å². The van der Waals surface area contributed by atoms with E-state index in [0.29, 0.717) is 17.9 Å². The molecule has 1 heterocycles. The van der Waals surface area contributed by atoms with Crippen molar-refractivity contribution in [1.29, 1.82) is 5.26 Å². The van der Waals surface area contributed by atoms with Crippen molar-refractivity contribution >= 4 is 22.7 Å². The third-order valence-electron chi connectivity index (χ3n) is 2.83. The predicted octanol–water partition coefficient (Wildman–Crippen LogP) is 2.02. The van der Waals surface area contributed by atoms with Crippen LogP contribution in [0.2, 0.25) is 0 Å². The Labute approximate surface area is 110 Å². The molecule has 2 aromatic rings. The summed E-state index contributed by atoms with van der Waals surface area (Å²) in [7, 11) is 0. The third kappa shape index (κ3) is 2.63. The topological polar surface area (TPSA) is 77.2 Å². The summed E-state index contributed by atoms with van der Waals surface area (Å²) in [5, 5.41) is 19.0. The highest BCUT2D eigenvalue weighted by molar-refractivity contribution is 5.84. The van der Waals surface area contributed by atoms with Gasteiger partial charge in [0.2, 0.25) is 0 Å². The highest BCUT2D eigenvalue weighted by Crippen LogP contribution is 2.22. The second-order valence-electron chi connectivity index (χ2n) is 4.07. The summed E-state index contributed by atoms with van der Waals surface area (Å²) in [6.07, 6.45) is 0. The fourth-order valence-electron chi connectivity index (χ4n) is 1.93. The first-order valence-corrected chi connectivity index (χ1v) is 5.92. The molecule has 2 rings (SSSR count). The zero-order chi connectivity index (χ0) is 13.8. The molecule has 96 valence electrons. The van der Waals surface area contributed by atoms with Crippen LogP contribution in [-0.4, -0.2) is 29.1 Å². The molecule has 0 saturated heterocycles. The van der Waals surface area contributed by atoms with Crippen molar-refractivity contribution in [1.82, 2.24) is 4.98 Å². The Balaban J connectivity index is 2.57. The smallest absolute Gasteiger partial charge is 0.323 e. The number of carboxylic acids is 1. The number of aliphatic carboxylic acids is 1. The molecule has 0 spiro atoms. The Kier molecular flexibility index (Phi) is 3.62. The molecule has 5 nitrogen and oxygen atoms in total. The van der Waals surface area contributed by atoms with Gasteiger partial charge in [0.25, 0.3) is 0 Å². The molecule has 1 aromatic carbocycles. The molecule has 0 unspecified atom stereocenters. The van der Waals surface area contributed by atoms with Gasteiger partial charge in [-0.3, -0.25) is 4.79 Å². The van der Waals surface area contributed by atoms with Crippen molar-refractivity contribution in [2.24, 2.45) is 0 Å². The van der Waals surface area contributed by atoms with Crippen LogP contribution in [0.25, 0.3) is 10.9 Å². The number of carboxylic acid groups (broad SMARTS) is 1. The first-order valence-electron chi connectivity index (χ1n) is 5.92. The number of carbonyl (C=O) groups is 1. The summed E-state index contributed by atoms with van der Waals surface area (Å²) in [5.41, 5.74) is 1.14. The van der Waals surface area contributed by atoms with Crippen molar-refractivity contribution < 1.29 is 9.90 Å². The van der Waals surface area contributed by atoms with Crippen LogP contribution in [-0.2, 0) is 4.79 Å². The quantitative estimate of drug-likeness (QED) is 0.904. The van der Waals surface area contributed by atoms with E-state index in [2.05, 4.69) is 11.1 Å². The Bertz CT molecular complexity index is 661. The molecular weight excluding hydrogens is 242 g/mol. The minimum absolute atomic E-state index is 0.170. The standard InChI is InChI=1S/C14H13N3O2/c1-2-17(9-13(18)19)14-11(8-15)7-10-5-3-4-6-12(10)16-14/h3-7H,2,9H2,1H3,(H,18,19). The molecule has 0 amide bonds. The monoisotopic (exact) mass is 255 g/mol. The van der Waals surface area contributed by atoms with Crippen LogP contribution in [0.4, 0.5) is 5.82 Å². The molecule has 0 aliphatic carbocycles. The summed E-state index contributed by atoms with van der Waals surface area (Å²) in [6.45, 7) is 2.14. The van der Waals surface area contributed by atoms with Gasteiger partial charge in [0, 0.05) is 11.9 Å². The summed E-state index contributed by atoms with van der Waals surface area (Å²) < 4.78 is 0. The van der Waals surface area contributed by atoms with Crippen molar-refractivity contribution in [2.45, 2.75) is 6.92 Å². The highest BCUT2D eigenvalue weighted by Gasteiger charge is 2.15. The van der Waals surface area contributed by atoms with Gasteiger partial charge in [-0.1, -0.05) is 18.2 Å². The maximum absolute atomic E-state index is 10.9. The number of hydrogen-bond donors (Lipinski definition) is 1. The lowest BCUT2D eigenvalue weighted by molar-refractivity contribution is -0.135. The first-order chi connectivity index (χ1) is 9.15. The van der Waals surface area contributed by atoms with Crippen LogP contribution in [0.1, 0.15) is 12.5 Å². The normalized spacial score (nSPS) is 10.1. The zero-order valence-corrected chi connectivity index (χ0v) is 10.5. The lowest BCUT2D eigenvalue weighted by Crippen LogP contribution is -2.30. The molecule has 0 bridgehead atoms. The molecule has 19 heavy (non-hydrogen) atoms. The maximum atomic E-state index is 10.9. The number of pyridine rings is 1. The number of likely N-dealkylation sites (N-methyl/N-ethyl adjacent to an activating group) is 1. The molecule has 1 aromatic heterocycles. The van der Waals surface area contributed by atoms with Crippen molar-refractivity contribution in [3.8, 4) is 6.07 Å². The van der Waals surface area contributed by atoms with Crippen molar-refractivity contribution in [3.63, 3.8) is 0 Å². The van der Waals surface area contributed by atoms with E-state index in [0.717, 1.165) is 10.9 Å². The fraction of sp³-hybridized carbons (Fsp3) is 0.214. The minimum atomic E-state index is -0.944. The van der Waals surface area contributed by atoms with E-state index in [9.17, 15) is 10.1 Å². The van der Waals surface area contributed by atoms with Crippen LogP contribution in [0.5, 0.6) is 0 Å². The van der Waals surface area contributed by atoms with Gasteiger partial charge in [-0.05, 0) is 19.1 Å². The molecule has 5 heteroatoms. The number of fused-ring (bicyclic) bond motifs is 1. The Hall–Kier alpha value is -2.61. The average molecular weight is 255 g/mol. The Morgan fingerprint density at radius 3 is 2.84 bits per heavy atom. The largest absolute Gasteiger partial charge is 0.480 e. The Morgan fingerprint density at radius 1 is 1.47 bits per heavy atom. The molecule has 0 fully saturated rings. The van der Waals surface area contributed by atoms with E-state index in [1.165, 1.54) is 0 Å². The summed E-state index contributed by atoms with van der Waals surface area (Å²) in [4.78, 5) is 16.8. The lowest BCUT2D eigenvalue weighted by atomic mass is 10.1. The highest BCUT2D eigenvalue weighted by atomic mass is 16.4. The molecule has 0 aliphatic rings. The van der Waals surface area contributed by atoms with Gasteiger partial charge >= 0.3 is 5.97 Å². The van der Waals surface area contributed by atoms with Crippen LogP contribution in [0.15, 0.2) is 30.3 Å². The average Bonchev–Trinajstić information content (AvgIpc) is 2.43. The van der Waals surface area contributed by atoms with Gasteiger partial charge in [0.05, 0.1) is 11.1 Å². The number of para-hydroxylation sites is 1. The zero-order valence-electron chi connectivity index (χ0n) is 10.5. The summed E-state index contributed by atoms with van der Waals surface area (Å²) in [5.74, 6) is -0.521. The fourth-order valence-corrected chi connectivity index (χ4v) is 1.93. The van der Waals surface area contributed by atoms with Crippen LogP contribution >= 0.6 is 0 Å². The Morgan fingerprint density at radius 2 is 2.21 bits per heavy atom. The number of anilines is 1. The van der Waals surface area contributed by atoms with Crippen LogP contribution in [0.3, 0.4) is 0 Å². The number of benzene rings is 1. The molecule has 0 saturated carbocycles. The van der Waals surface area contributed by atoms with Gasteiger partial charge in [-0.15, -0.1) is 0 Å². The third-order valence-corrected chi connectivity index (χ3v) is 2.83. The SMILES string of the molecule is CCN(CC(=O)O)c1nc2ccccc2cc1C#N. The van der Waals surface area contributed by atoms with E-state index >= 15 is 0 Å². The molecular formula is C14H13N3O2. The van der Waals surface area contributed by atoms with Crippen LogP contribution in [0, 0.1) is 11.3 Å². The number of nitriles is 1. The van der Waals surface area contributed by atoms with E-state index < -0.39 is 5.97 Å². The van der Waals surface area contributed by atoms with Gasteiger partial charge < -0.3 is 10.0 Å². The van der Waals surface area contributed by atoms with Crippen LogP contribution < -0.4 is 4.90 Å². The first kappa shape index (κ1) is 12.8. The number of rotatable bonds is 4. The number of nitrogens with zero attached hydrogens (tertiary/aromatic N) is 3. The van der Waals surface area contributed by atoms with E-state index in [-0.39, 0.29) is 6.54 Å². The number of hydrogen-bond acceptors (Lipinski definition) is 4.